The Kier molecular flexibility index (Phi) is 9.79. The summed E-state index contributed by atoms with van der Waals surface area (Å²) in [6, 6.07) is 1.55. The maximum Gasteiger partial charge on any atom is 0.426 e. The van der Waals surface area contributed by atoms with Crippen LogP contribution in [0.2, 0.25) is 0 Å². The van der Waals surface area contributed by atoms with Crippen LogP contribution < -0.4 is 11.5 Å². The summed E-state index contributed by atoms with van der Waals surface area (Å²) in [5, 5.41) is 0. The van der Waals surface area contributed by atoms with Crippen molar-refractivity contribution in [3.05, 3.63) is 35.4 Å². The van der Waals surface area contributed by atoms with E-state index in [9.17, 15) is 26.3 Å². The van der Waals surface area contributed by atoms with E-state index in [1.165, 1.54) is 25.7 Å². The summed E-state index contributed by atoms with van der Waals surface area (Å²) in [5.41, 5.74) is 8.71. The number of hydrogen-bond donors (Lipinski definition) is 2. The minimum atomic E-state index is -6.56. The molecular weight excluding hydrogens is 640 g/mol. The van der Waals surface area contributed by atoms with Gasteiger partial charge >= 0.3 is 23.9 Å². The Morgan fingerprint density at radius 3 is 2.08 bits per heavy atom. The van der Waals surface area contributed by atoms with Crippen LogP contribution >= 0.6 is 0 Å². The average Bonchev–Trinajstić information content (AvgIpc) is 3.33. The molecule has 3 nitrogen and oxygen atoms in total. The molecule has 0 unspecified atom stereocenters. The molecule has 0 radical (unpaired) electrons. The van der Waals surface area contributed by atoms with Gasteiger partial charge in [0.1, 0.15) is 0 Å². The third-order valence-electron chi connectivity index (χ3n) is 13.1. The molecule has 48 heavy (non-hydrogen) atoms. The minimum Gasteiger partial charge on any atom is -0.399 e. The van der Waals surface area contributed by atoms with Crippen LogP contribution in [0.15, 0.2) is 29.8 Å². The van der Waals surface area contributed by atoms with Crippen molar-refractivity contribution in [1.29, 1.82) is 0 Å². The van der Waals surface area contributed by atoms with Gasteiger partial charge in [0, 0.05) is 16.9 Å². The molecule has 4 aliphatic carbocycles. The Hall–Kier alpha value is -2.04. The minimum absolute atomic E-state index is 0.0755. The highest BCUT2D eigenvalue weighted by Crippen LogP contribution is 2.68. The van der Waals surface area contributed by atoms with E-state index in [4.69, 9.17) is 11.5 Å². The molecule has 1 aromatic rings. The zero-order chi connectivity index (χ0) is 35.7. The molecule has 0 aromatic heterocycles. The fraction of sp³-hybridized carbons (Fsp3) is 0.784. The van der Waals surface area contributed by atoms with Crippen LogP contribution in [0.1, 0.15) is 111 Å². The number of hydrogen-bond acceptors (Lipinski definition) is 3. The van der Waals surface area contributed by atoms with E-state index in [1.54, 1.807) is 0 Å². The van der Waals surface area contributed by atoms with Crippen molar-refractivity contribution in [2.24, 2.45) is 46.3 Å². The number of alkyl halides is 8. The van der Waals surface area contributed by atoms with E-state index in [-0.39, 0.29) is 23.7 Å². The van der Waals surface area contributed by atoms with Crippen LogP contribution in [0.3, 0.4) is 0 Å². The van der Waals surface area contributed by atoms with Gasteiger partial charge in [0.2, 0.25) is 0 Å². The largest absolute Gasteiger partial charge is 0.426 e. The lowest BCUT2D eigenvalue weighted by Crippen LogP contribution is -2.62. The second-order valence-electron chi connectivity index (χ2n) is 16.4. The number of ether oxygens (including phenoxy) is 1. The molecule has 4 aliphatic rings. The Morgan fingerprint density at radius 2 is 1.46 bits per heavy atom. The van der Waals surface area contributed by atoms with Gasteiger partial charge in [0.05, 0.1) is 6.10 Å². The number of anilines is 2. The second kappa shape index (κ2) is 12.6. The maximum atomic E-state index is 15.0. The number of rotatable bonds is 11. The van der Waals surface area contributed by atoms with Gasteiger partial charge in [-0.25, -0.2) is 0 Å². The van der Waals surface area contributed by atoms with Crippen molar-refractivity contribution >= 4 is 11.4 Å². The Bertz CT molecular complexity index is 1340. The van der Waals surface area contributed by atoms with Gasteiger partial charge in [0.15, 0.2) is 0 Å². The van der Waals surface area contributed by atoms with E-state index < -0.39 is 46.9 Å². The molecule has 3 saturated carbocycles. The van der Waals surface area contributed by atoms with E-state index in [0.29, 0.717) is 54.1 Å². The highest BCUT2D eigenvalue weighted by Gasteiger charge is 2.82. The van der Waals surface area contributed by atoms with Gasteiger partial charge in [-0.1, -0.05) is 65.5 Å². The summed E-state index contributed by atoms with van der Waals surface area (Å²) < 4.78 is 124. The first kappa shape index (κ1) is 37.2. The fourth-order valence-corrected chi connectivity index (χ4v) is 10.5. The van der Waals surface area contributed by atoms with Crippen LogP contribution in [-0.2, 0) is 10.7 Å². The summed E-state index contributed by atoms with van der Waals surface area (Å²) in [6.45, 7) is 11.5. The molecular formula is C37H52F8N2O. The molecule has 8 atom stereocenters. The zero-order valence-corrected chi connectivity index (χ0v) is 28.7. The number of allylic oxidation sites excluding steroid dienone is 1. The molecule has 1 aromatic carbocycles. The molecule has 272 valence electrons. The predicted molar refractivity (Wildman–Crippen MR) is 172 cm³/mol. The second-order valence-corrected chi connectivity index (χ2v) is 16.4. The van der Waals surface area contributed by atoms with Gasteiger partial charge < -0.3 is 16.2 Å². The number of benzene rings is 1. The Morgan fingerprint density at radius 1 is 0.812 bits per heavy atom. The Balaban J connectivity index is 1.29. The standard InChI is InChI=1S/C37H52F8N2O/c1-21(2)7-6-8-22(3)29-11-12-30-28-10-9-23-19-27(13-15-32(23,4)31(28)14-16-33(29,30)5)48-37(44,45)36(42,43)35(40,41)34(38,39)24-17-25(46)20-26(47)18-24/h9,17-18,20-22,27-31H,6-8,10-16,19,46-47H2,1-5H3/t22-,27+,28+,29-,30+,31+,32+,33-/m1/s1. The van der Waals surface area contributed by atoms with Gasteiger partial charge in [-0.05, 0) is 116 Å². The zero-order valence-electron chi connectivity index (χ0n) is 28.7. The maximum absolute atomic E-state index is 15.0. The van der Waals surface area contributed by atoms with Crippen LogP contribution in [0.5, 0.6) is 0 Å². The van der Waals surface area contributed by atoms with Crippen LogP contribution in [0, 0.1) is 46.3 Å². The fourth-order valence-electron chi connectivity index (χ4n) is 10.5. The van der Waals surface area contributed by atoms with Crippen LogP contribution in [-0.4, -0.2) is 24.1 Å². The molecule has 0 heterocycles. The van der Waals surface area contributed by atoms with Crippen molar-refractivity contribution in [1.82, 2.24) is 0 Å². The Labute approximate surface area is 279 Å². The lowest BCUT2D eigenvalue weighted by molar-refractivity contribution is -0.437. The average molecular weight is 693 g/mol. The molecule has 0 amide bonds. The van der Waals surface area contributed by atoms with Gasteiger partial charge in [-0.3, -0.25) is 0 Å². The molecule has 0 spiro atoms. The summed E-state index contributed by atoms with van der Waals surface area (Å²) in [6.07, 6.45) is 3.61. The topological polar surface area (TPSA) is 61.3 Å². The molecule has 0 bridgehead atoms. The third-order valence-corrected chi connectivity index (χ3v) is 13.1. The number of halogens is 8. The highest BCUT2D eigenvalue weighted by molar-refractivity contribution is 5.55. The summed E-state index contributed by atoms with van der Waals surface area (Å²) in [5.74, 6) is -15.6. The van der Waals surface area contributed by atoms with Crippen molar-refractivity contribution in [2.75, 3.05) is 11.5 Å². The monoisotopic (exact) mass is 692 g/mol. The number of nitrogens with two attached hydrogens (primary N) is 2. The van der Waals surface area contributed by atoms with Gasteiger partial charge in [-0.15, -0.1) is 0 Å². The lowest BCUT2D eigenvalue weighted by atomic mass is 9.47. The third kappa shape index (κ3) is 6.03. The molecule has 3 fully saturated rings. The van der Waals surface area contributed by atoms with E-state index >= 15 is 8.78 Å². The van der Waals surface area contributed by atoms with Gasteiger partial charge in [-0.2, -0.15) is 35.1 Å². The molecule has 0 saturated heterocycles. The quantitative estimate of drug-likeness (QED) is 0.138. The normalized spacial score (nSPS) is 33.5. The SMILES string of the molecule is CC(C)CCC[C@@H](C)[C@H]1CC[C@H]2[C@@H]3CC=C4C[C@@H](OC(F)(F)C(F)(F)C(F)(F)C(F)(F)c5cc(N)cc(N)c5)CC[C@]4(C)[C@H]3CC[C@]12C. The molecule has 4 N–H and O–H groups in total. The summed E-state index contributed by atoms with van der Waals surface area (Å²) in [4.78, 5) is 0. The summed E-state index contributed by atoms with van der Waals surface area (Å²) >= 11 is 0. The number of nitrogen functional groups attached to an aromatic ring is 2. The van der Waals surface area contributed by atoms with E-state index in [1.807, 2.05) is 6.08 Å². The lowest BCUT2D eigenvalue weighted by Gasteiger charge is -2.58. The predicted octanol–water partition coefficient (Wildman–Crippen LogP) is 11.2. The van der Waals surface area contributed by atoms with Crippen molar-refractivity contribution in [2.45, 2.75) is 135 Å². The molecule has 11 heteroatoms. The number of fused-ring (bicyclic) bond motifs is 5. The van der Waals surface area contributed by atoms with Crippen LogP contribution in [0.4, 0.5) is 46.5 Å². The smallest absolute Gasteiger partial charge is 0.399 e. The first-order valence-corrected chi connectivity index (χ1v) is 17.6. The van der Waals surface area contributed by atoms with Crippen molar-refractivity contribution in [3.63, 3.8) is 0 Å². The highest BCUT2D eigenvalue weighted by atomic mass is 19.4. The van der Waals surface area contributed by atoms with Crippen molar-refractivity contribution < 1.29 is 39.9 Å². The van der Waals surface area contributed by atoms with E-state index in [2.05, 4.69) is 39.4 Å². The first-order valence-electron chi connectivity index (χ1n) is 17.6. The molecule has 0 aliphatic heterocycles. The van der Waals surface area contributed by atoms with Crippen LogP contribution in [0.25, 0.3) is 0 Å². The van der Waals surface area contributed by atoms with Crippen molar-refractivity contribution in [3.8, 4) is 0 Å². The first-order chi connectivity index (χ1) is 22.1. The summed E-state index contributed by atoms with van der Waals surface area (Å²) in [7, 11) is 0. The molecule has 5 rings (SSSR count). The van der Waals surface area contributed by atoms with E-state index in [0.717, 1.165) is 37.3 Å². The van der Waals surface area contributed by atoms with Gasteiger partial charge in [0.25, 0.3) is 0 Å².